The molecule has 1 aliphatic heterocycles. The van der Waals surface area contributed by atoms with Crippen molar-refractivity contribution in [1.29, 1.82) is 0 Å². The van der Waals surface area contributed by atoms with Crippen LogP contribution in [0.5, 0.6) is 5.75 Å². The van der Waals surface area contributed by atoms with E-state index >= 15 is 0 Å². The van der Waals surface area contributed by atoms with Crippen LogP contribution in [-0.2, 0) is 13.1 Å². The third kappa shape index (κ3) is 4.68. The number of anilines is 1. The number of hydrogen-bond donors (Lipinski definition) is 1. The highest BCUT2D eigenvalue weighted by Gasteiger charge is 2.23. The molecule has 4 rings (SSSR count). The number of nitrogens with zero attached hydrogens (tertiary/aromatic N) is 5. The predicted octanol–water partition coefficient (Wildman–Crippen LogP) is 1.60. The second-order valence-electron chi connectivity index (χ2n) is 7.45. The van der Waals surface area contributed by atoms with Crippen molar-refractivity contribution >= 4 is 17.3 Å². The van der Waals surface area contributed by atoms with E-state index in [1.54, 1.807) is 7.11 Å². The van der Waals surface area contributed by atoms with Gasteiger partial charge in [-0.3, -0.25) is 0 Å². The standard InChI is InChI=1S/C21H25ClN6O/c1-16-3-6-18(22)13-20(16)27-11-9-26(10-12-27)15-21-23-24-25-28(21)14-17-4-7-19(29-2)8-5-17/h3-8,13H,9-12,14-15H2,1-2H3/p+1. The molecule has 0 unspecified atom stereocenters. The van der Waals surface area contributed by atoms with E-state index in [2.05, 4.69) is 39.5 Å². The first kappa shape index (κ1) is 19.7. The summed E-state index contributed by atoms with van der Waals surface area (Å²) >= 11 is 6.20. The van der Waals surface area contributed by atoms with Crippen LogP contribution in [0.2, 0.25) is 5.02 Å². The van der Waals surface area contributed by atoms with E-state index in [9.17, 15) is 0 Å². The van der Waals surface area contributed by atoms with E-state index in [1.807, 2.05) is 35.0 Å². The zero-order valence-electron chi connectivity index (χ0n) is 16.8. The second kappa shape index (κ2) is 8.80. The van der Waals surface area contributed by atoms with Gasteiger partial charge >= 0.3 is 0 Å². The number of tetrazole rings is 1. The summed E-state index contributed by atoms with van der Waals surface area (Å²) in [6, 6.07) is 14.1. The molecule has 0 aliphatic carbocycles. The number of piperazine rings is 1. The molecule has 8 heteroatoms. The minimum Gasteiger partial charge on any atom is -0.497 e. The molecule has 0 bridgehead atoms. The summed E-state index contributed by atoms with van der Waals surface area (Å²) in [5.41, 5.74) is 3.65. The monoisotopic (exact) mass is 413 g/mol. The van der Waals surface area contributed by atoms with Crippen molar-refractivity contribution in [2.75, 3.05) is 38.2 Å². The van der Waals surface area contributed by atoms with Crippen LogP contribution in [0.25, 0.3) is 0 Å². The Balaban J connectivity index is 1.36. The first-order chi connectivity index (χ1) is 14.1. The van der Waals surface area contributed by atoms with Crippen molar-refractivity contribution in [3.05, 3.63) is 64.4 Å². The van der Waals surface area contributed by atoms with E-state index in [0.717, 1.165) is 54.9 Å². The molecule has 1 saturated heterocycles. The highest BCUT2D eigenvalue weighted by molar-refractivity contribution is 6.30. The highest BCUT2D eigenvalue weighted by atomic mass is 35.5. The Morgan fingerprint density at radius 2 is 1.86 bits per heavy atom. The van der Waals surface area contributed by atoms with E-state index in [-0.39, 0.29) is 0 Å². The molecule has 7 nitrogen and oxygen atoms in total. The smallest absolute Gasteiger partial charge is 0.206 e. The van der Waals surface area contributed by atoms with Gasteiger partial charge < -0.3 is 14.5 Å². The molecule has 0 spiro atoms. The summed E-state index contributed by atoms with van der Waals surface area (Å²) in [6.07, 6.45) is 0. The van der Waals surface area contributed by atoms with Gasteiger partial charge in [-0.15, -0.1) is 5.10 Å². The number of quaternary nitrogens is 1. The third-order valence-corrected chi connectivity index (χ3v) is 5.72. The molecular weight excluding hydrogens is 388 g/mol. The number of halogens is 1. The maximum absolute atomic E-state index is 6.20. The van der Waals surface area contributed by atoms with Gasteiger partial charge in [-0.1, -0.05) is 29.8 Å². The van der Waals surface area contributed by atoms with Crippen LogP contribution >= 0.6 is 11.6 Å². The molecular formula is C21H26ClN6O+. The zero-order valence-corrected chi connectivity index (χ0v) is 17.6. The van der Waals surface area contributed by atoms with Gasteiger partial charge in [-0.25, -0.2) is 4.68 Å². The van der Waals surface area contributed by atoms with Crippen LogP contribution < -0.4 is 14.5 Å². The minimum absolute atomic E-state index is 0.660. The molecule has 152 valence electrons. The first-order valence-corrected chi connectivity index (χ1v) is 10.2. The van der Waals surface area contributed by atoms with Crippen molar-refractivity contribution in [2.45, 2.75) is 20.0 Å². The Morgan fingerprint density at radius 1 is 1.10 bits per heavy atom. The van der Waals surface area contributed by atoms with Crippen LogP contribution in [0, 0.1) is 6.92 Å². The van der Waals surface area contributed by atoms with Gasteiger partial charge in [0.05, 0.1) is 39.8 Å². The number of aryl methyl sites for hydroxylation is 1. The number of nitrogens with one attached hydrogen (secondary N) is 1. The summed E-state index contributed by atoms with van der Waals surface area (Å²) in [5.74, 6) is 1.77. The average Bonchev–Trinajstić information content (AvgIpc) is 3.17. The van der Waals surface area contributed by atoms with E-state index in [4.69, 9.17) is 16.3 Å². The van der Waals surface area contributed by atoms with E-state index in [1.165, 1.54) is 16.2 Å². The number of rotatable bonds is 6. The van der Waals surface area contributed by atoms with Gasteiger partial charge in [0.15, 0.2) is 0 Å². The lowest BCUT2D eigenvalue weighted by Crippen LogP contribution is -3.13. The molecule has 1 aliphatic rings. The Kier molecular flexibility index (Phi) is 5.97. The normalized spacial score (nSPS) is 14.9. The molecule has 0 radical (unpaired) electrons. The molecule has 0 amide bonds. The van der Waals surface area contributed by atoms with Crippen molar-refractivity contribution in [1.82, 2.24) is 20.2 Å². The number of methoxy groups -OCH3 is 1. The summed E-state index contributed by atoms with van der Waals surface area (Å²) in [4.78, 5) is 3.91. The summed E-state index contributed by atoms with van der Waals surface area (Å²) < 4.78 is 7.11. The molecule has 2 aromatic carbocycles. The van der Waals surface area contributed by atoms with Crippen LogP contribution in [0.4, 0.5) is 5.69 Å². The lowest BCUT2D eigenvalue weighted by molar-refractivity contribution is -0.915. The third-order valence-electron chi connectivity index (χ3n) is 5.49. The van der Waals surface area contributed by atoms with Crippen LogP contribution in [0.15, 0.2) is 42.5 Å². The van der Waals surface area contributed by atoms with Crippen molar-refractivity contribution < 1.29 is 9.64 Å². The van der Waals surface area contributed by atoms with Crippen LogP contribution in [0.3, 0.4) is 0 Å². The van der Waals surface area contributed by atoms with Crippen molar-refractivity contribution in [3.63, 3.8) is 0 Å². The fraction of sp³-hybridized carbons (Fsp3) is 0.381. The Hall–Kier alpha value is -2.64. The SMILES string of the molecule is COc1ccc(Cn2nnnc2C[NH+]2CCN(c3cc(Cl)ccc3C)CC2)cc1. The van der Waals surface area contributed by atoms with Crippen LogP contribution in [-0.4, -0.2) is 53.5 Å². The summed E-state index contributed by atoms with van der Waals surface area (Å²) in [6.45, 7) is 7.70. The molecule has 2 heterocycles. The highest BCUT2D eigenvalue weighted by Crippen LogP contribution is 2.24. The molecule has 1 aromatic heterocycles. The average molecular weight is 414 g/mol. The minimum atomic E-state index is 0.660. The second-order valence-corrected chi connectivity index (χ2v) is 7.88. The summed E-state index contributed by atoms with van der Waals surface area (Å²) in [5, 5.41) is 13.1. The van der Waals surface area contributed by atoms with Crippen LogP contribution in [0.1, 0.15) is 17.0 Å². The Bertz CT molecular complexity index is 950. The predicted molar refractivity (Wildman–Crippen MR) is 113 cm³/mol. The number of benzene rings is 2. The Labute approximate surface area is 175 Å². The zero-order chi connectivity index (χ0) is 20.2. The number of aromatic nitrogens is 4. The van der Waals surface area contributed by atoms with Gasteiger partial charge in [0.25, 0.3) is 0 Å². The number of ether oxygens (including phenoxy) is 1. The topological polar surface area (TPSA) is 60.5 Å². The lowest BCUT2D eigenvalue weighted by atomic mass is 10.1. The van der Waals surface area contributed by atoms with Gasteiger partial charge in [-0.05, 0) is 52.7 Å². The molecule has 0 atom stereocenters. The van der Waals surface area contributed by atoms with Gasteiger partial charge in [0.1, 0.15) is 12.3 Å². The maximum Gasteiger partial charge on any atom is 0.206 e. The largest absolute Gasteiger partial charge is 0.497 e. The fourth-order valence-corrected chi connectivity index (χ4v) is 3.93. The molecule has 1 N–H and O–H groups in total. The quantitative estimate of drug-likeness (QED) is 0.665. The molecule has 1 fully saturated rings. The maximum atomic E-state index is 6.20. The molecule has 3 aromatic rings. The molecule has 0 saturated carbocycles. The van der Waals surface area contributed by atoms with Crippen molar-refractivity contribution in [2.24, 2.45) is 0 Å². The fourth-order valence-electron chi connectivity index (χ4n) is 3.76. The van der Waals surface area contributed by atoms with E-state index < -0.39 is 0 Å². The Morgan fingerprint density at radius 3 is 2.59 bits per heavy atom. The number of hydrogen-bond acceptors (Lipinski definition) is 5. The first-order valence-electron chi connectivity index (χ1n) is 9.85. The van der Waals surface area contributed by atoms with E-state index in [0.29, 0.717) is 6.54 Å². The summed E-state index contributed by atoms with van der Waals surface area (Å²) in [7, 11) is 1.67. The van der Waals surface area contributed by atoms with Gasteiger partial charge in [0, 0.05) is 10.7 Å². The molecule has 29 heavy (non-hydrogen) atoms. The van der Waals surface area contributed by atoms with Crippen molar-refractivity contribution in [3.8, 4) is 5.75 Å². The lowest BCUT2D eigenvalue weighted by Gasteiger charge is -2.34. The van der Waals surface area contributed by atoms with Gasteiger partial charge in [-0.2, -0.15) is 0 Å². The van der Waals surface area contributed by atoms with Gasteiger partial charge in [0.2, 0.25) is 5.82 Å².